The molecule has 1 aliphatic rings. The maximum absolute atomic E-state index is 11.2. The lowest BCUT2D eigenvalue weighted by molar-refractivity contribution is -0.386. The van der Waals surface area contributed by atoms with Gasteiger partial charge in [0.05, 0.1) is 4.92 Å². The molecule has 0 fully saturated rings. The van der Waals surface area contributed by atoms with Crippen LogP contribution in [0.25, 0.3) is 11.3 Å². The number of nitrogens with one attached hydrogen (secondary N) is 1. The monoisotopic (exact) mass is 461 g/mol. The molecule has 0 radical (unpaired) electrons. The van der Waals surface area contributed by atoms with Gasteiger partial charge in [-0.25, -0.2) is 0 Å². The van der Waals surface area contributed by atoms with Crippen molar-refractivity contribution in [3.8, 4) is 22.9 Å². The normalized spacial score (nSPS) is 14.9. The molecule has 0 bridgehead atoms. The lowest BCUT2D eigenvalue weighted by Gasteiger charge is -2.19. The van der Waals surface area contributed by atoms with Crippen LogP contribution in [0.4, 0.5) is 11.4 Å². The van der Waals surface area contributed by atoms with Gasteiger partial charge in [-0.2, -0.15) is 4.98 Å². The molecule has 2 aromatic carbocycles. The van der Waals surface area contributed by atoms with E-state index in [2.05, 4.69) is 36.4 Å². The van der Waals surface area contributed by atoms with Gasteiger partial charge in [0.15, 0.2) is 17.7 Å². The molecule has 0 spiro atoms. The number of nitrogens with zero attached hydrogens (tertiary/aromatic N) is 4. The maximum atomic E-state index is 11.2. The zero-order valence-electron chi connectivity index (χ0n) is 14.3. The minimum absolute atomic E-state index is 0.254. The minimum Gasteiger partial charge on any atom is -0.502 e. The highest BCUT2D eigenvalue weighted by molar-refractivity contribution is 9.10. The second-order valence-electron chi connectivity index (χ2n) is 5.79. The van der Waals surface area contributed by atoms with Crippen LogP contribution in [0.1, 0.15) is 11.8 Å². The fourth-order valence-electron chi connectivity index (χ4n) is 2.76. The molecule has 28 heavy (non-hydrogen) atoms. The molecule has 2 heterocycles. The number of hydrogen-bond donors (Lipinski definition) is 2. The summed E-state index contributed by atoms with van der Waals surface area (Å²) in [5.74, 6) is -0.162. The number of halogens is 1. The summed E-state index contributed by atoms with van der Waals surface area (Å²) in [7, 11) is 0. The minimum atomic E-state index is -0.785. The van der Waals surface area contributed by atoms with Crippen LogP contribution >= 0.6 is 27.7 Å². The summed E-state index contributed by atoms with van der Waals surface area (Å²) in [6.45, 7) is 0. The van der Waals surface area contributed by atoms with E-state index < -0.39 is 22.6 Å². The van der Waals surface area contributed by atoms with E-state index >= 15 is 0 Å². The molecule has 0 aliphatic carbocycles. The summed E-state index contributed by atoms with van der Waals surface area (Å²) in [5.41, 5.74) is 1.94. The highest BCUT2D eigenvalue weighted by atomic mass is 79.9. The first-order valence-electron chi connectivity index (χ1n) is 7.95. The summed E-state index contributed by atoms with van der Waals surface area (Å²) in [6, 6.07) is 9.63. The van der Waals surface area contributed by atoms with E-state index in [0.29, 0.717) is 22.1 Å². The Morgan fingerprint density at radius 2 is 2.11 bits per heavy atom. The van der Waals surface area contributed by atoms with Gasteiger partial charge >= 0.3 is 5.69 Å². The van der Waals surface area contributed by atoms with Crippen LogP contribution in [0.5, 0.6) is 11.6 Å². The number of aromatic nitrogens is 3. The molecule has 0 saturated heterocycles. The molecule has 9 nitrogen and oxygen atoms in total. The molecule has 11 heteroatoms. The molecule has 4 rings (SSSR count). The van der Waals surface area contributed by atoms with Crippen LogP contribution in [-0.4, -0.2) is 31.5 Å². The number of nitro benzene ring substituents is 1. The third-order valence-corrected chi connectivity index (χ3v) is 5.10. The summed E-state index contributed by atoms with van der Waals surface area (Å²) in [5, 5.41) is 32.9. The van der Waals surface area contributed by atoms with E-state index in [9.17, 15) is 15.2 Å². The maximum Gasteiger partial charge on any atom is 0.311 e. The molecular weight excluding hydrogens is 450 g/mol. The van der Waals surface area contributed by atoms with Crippen molar-refractivity contribution >= 4 is 39.1 Å². The zero-order valence-corrected chi connectivity index (χ0v) is 16.7. The van der Waals surface area contributed by atoms with Crippen molar-refractivity contribution in [3.63, 3.8) is 0 Å². The average molecular weight is 462 g/mol. The molecule has 2 N–H and O–H groups in total. The quantitative estimate of drug-likeness (QED) is 0.336. The molecule has 1 aromatic heterocycles. The Morgan fingerprint density at radius 1 is 1.29 bits per heavy atom. The Labute approximate surface area is 171 Å². The molecule has 0 unspecified atom stereocenters. The van der Waals surface area contributed by atoms with Crippen molar-refractivity contribution in [2.24, 2.45) is 0 Å². The van der Waals surface area contributed by atoms with Crippen molar-refractivity contribution in [2.75, 3.05) is 11.6 Å². The number of phenolic OH excluding ortho intramolecular Hbond substituents is 1. The smallest absolute Gasteiger partial charge is 0.311 e. The van der Waals surface area contributed by atoms with E-state index in [1.807, 2.05) is 24.5 Å². The fraction of sp³-hybridized carbons (Fsp3) is 0.118. The second kappa shape index (κ2) is 7.24. The summed E-state index contributed by atoms with van der Waals surface area (Å²) in [6.07, 6.45) is 1.04. The van der Waals surface area contributed by atoms with Crippen molar-refractivity contribution in [1.82, 2.24) is 15.2 Å². The molecule has 0 amide bonds. The number of anilines is 1. The second-order valence-corrected chi connectivity index (χ2v) is 7.48. The van der Waals surface area contributed by atoms with Gasteiger partial charge in [-0.15, -0.1) is 10.2 Å². The zero-order chi connectivity index (χ0) is 19.8. The highest BCUT2D eigenvalue weighted by Crippen LogP contribution is 2.41. The number of hydrogen-bond acceptors (Lipinski definition) is 9. The highest BCUT2D eigenvalue weighted by Gasteiger charge is 2.28. The largest absolute Gasteiger partial charge is 0.502 e. The van der Waals surface area contributed by atoms with Crippen LogP contribution in [0.15, 0.2) is 46.0 Å². The number of phenols is 1. The first kappa shape index (κ1) is 18.4. The van der Waals surface area contributed by atoms with Crippen LogP contribution in [-0.2, 0) is 0 Å². The van der Waals surface area contributed by atoms with Crippen LogP contribution in [0.2, 0.25) is 0 Å². The van der Waals surface area contributed by atoms with Gasteiger partial charge in [-0.3, -0.25) is 10.1 Å². The summed E-state index contributed by atoms with van der Waals surface area (Å²) >= 11 is 4.77. The first-order valence-corrected chi connectivity index (χ1v) is 9.97. The molecular formula is C17H12BrN5O4S. The Hall–Kier alpha value is -2.92. The third-order valence-electron chi connectivity index (χ3n) is 4.07. The number of ether oxygens (including phenoxy) is 1. The number of fused-ring (bicyclic) bond motifs is 3. The van der Waals surface area contributed by atoms with Gasteiger partial charge in [0.1, 0.15) is 0 Å². The van der Waals surface area contributed by atoms with Crippen LogP contribution in [0.3, 0.4) is 0 Å². The lowest BCUT2D eigenvalue weighted by Crippen LogP contribution is -2.17. The predicted octanol–water partition coefficient (Wildman–Crippen LogP) is 4.14. The Morgan fingerprint density at radius 3 is 2.86 bits per heavy atom. The van der Waals surface area contributed by atoms with Gasteiger partial charge in [0, 0.05) is 27.4 Å². The molecule has 3 aromatic rings. The van der Waals surface area contributed by atoms with Gasteiger partial charge in [-0.1, -0.05) is 27.7 Å². The SMILES string of the molecule is CSc1nnc2c(n1)O[C@H](c1ccc(O)c([N+](=O)[O-])c1)Nc1ccc(Br)cc1-2. The molecule has 1 atom stereocenters. The van der Waals surface area contributed by atoms with Crippen molar-refractivity contribution in [3.05, 3.63) is 56.5 Å². The van der Waals surface area contributed by atoms with Crippen LogP contribution < -0.4 is 10.1 Å². The molecule has 0 saturated carbocycles. The average Bonchev–Trinajstić information content (AvgIpc) is 2.84. The van der Waals surface area contributed by atoms with E-state index in [4.69, 9.17) is 4.74 Å². The lowest BCUT2D eigenvalue weighted by atomic mass is 10.1. The number of rotatable bonds is 3. The van der Waals surface area contributed by atoms with Crippen molar-refractivity contribution in [1.29, 1.82) is 0 Å². The fourth-order valence-corrected chi connectivity index (χ4v) is 3.41. The number of benzene rings is 2. The number of thioether (sulfide) groups is 1. The van der Waals surface area contributed by atoms with E-state index in [1.165, 1.54) is 23.9 Å². The van der Waals surface area contributed by atoms with E-state index in [0.717, 1.165) is 10.0 Å². The standard InChI is InChI=1S/C17H12BrN5O4S/c1-28-17-20-16-14(21-22-17)10-7-9(18)3-4-11(10)19-15(27-16)8-2-5-13(24)12(6-8)23(25)26/h2-7,15,19,24H,1H3/t15-/m1/s1. The Balaban J connectivity index is 1.87. The van der Waals surface area contributed by atoms with E-state index in [-0.39, 0.29) is 5.88 Å². The van der Waals surface area contributed by atoms with Gasteiger partial charge in [-0.05, 0) is 36.6 Å². The van der Waals surface area contributed by atoms with Crippen molar-refractivity contribution < 1.29 is 14.8 Å². The third kappa shape index (κ3) is 3.34. The predicted molar refractivity (Wildman–Crippen MR) is 106 cm³/mol. The Bertz CT molecular complexity index is 1100. The number of aromatic hydroxyl groups is 1. The summed E-state index contributed by atoms with van der Waals surface area (Å²) in [4.78, 5) is 14.9. The Kier molecular flexibility index (Phi) is 4.77. The van der Waals surface area contributed by atoms with Crippen LogP contribution in [0, 0.1) is 10.1 Å². The van der Waals surface area contributed by atoms with Gasteiger partial charge < -0.3 is 15.2 Å². The molecule has 142 valence electrons. The number of nitro groups is 1. The summed E-state index contributed by atoms with van der Waals surface area (Å²) < 4.78 is 6.87. The van der Waals surface area contributed by atoms with Gasteiger partial charge in [0.25, 0.3) is 0 Å². The van der Waals surface area contributed by atoms with E-state index in [1.54, 1.807) is 6.07 Å². The first-order chi connectivity index (χ1) is 13.5. The van der Waals surface area contributed by atoms with Crippen molar-refractivity contribution in [2.45, 2.75) is 11.4 Å². The van der Waals surface area contributed by atoms with Gasteiger partial charge in [0.2, 0.25) is 11.0 Å². The topological polar surface area (TPSA) is 123 Å². The molecule has 1 aliphatic heterocycles.